The van der Waals surface area contributed by atoms with Crippen LogP contribution in [-0.4, -0.2) is 36.6 Å². The van der Waals surface area contributed by atoms with Crippen molar-refractivity contribution in [2.45, 2.75) is 51.5 Å². The average Bonchev–Trinajstić information content (AvgIpc) is 2.39. The molecule has 0 aromatic rings. The second-order valence-electron chi connectivity index (χ2n) is 5.00. The quantitative estimate of drug-likeness (QED) is 0.721. The van der Waals surface area contributed by atoms with Crippen molar-refractivity contribution in [3.8, 4) is 0 Å². The number of hydrogen-bond acceptors (Lipinski definition) is 2. The first-order valence-electron chi connectivity index (χ1n) is 6.71. The van der Waals surface area contributed by atoms with Gasteiger partial charge in [-0.1, -0.05) is 6.92 Å². The predicted octanol–water partition coefficient (Wildman–Crippen LogP) is 2.20. The normalized spacial score (nSPS) is 31.4. The maximum Gasteiger partial charge on any atom is 0.228 e. The molecule has 2 saturated heterocycles. The molecule has 0 bridgehead atoms. The first-order chi connectivity index (χ1) is 7.83. The van der Waals surface area contributed by atoms with Gasteiger partial charge in [-0.15, -0.1) is 0 Å². The number of ether oxygens (including phenoxy) is 1. The third-order valence-electron chi connectivity index (χ3n) is 3.89. The van der Waals surface area contributed by atoms with Crippen LogP contribution in [-0.2, 0) is 9.53 Å². The van der Waals surface area contributed by atoms with Gasteiger partial charge in [0.15, 0.2) is 0 Å². The Morgan fingerprint density at radius 2 is 2.19 bits per heavy atom. The van der Waals surface area contributed by atoms with Crippen molar-refractivity contribution in [3.05, 3.63) is 0 Å². The van der Waals surface area contributed by atoms with E-state index in [9.17, 15) is 4.79 Å². The van der Waals surface area contributed by atoms with Crippen LogP contribution in [0.15, 0.2) is 0 Å². The summed E-state index contributed by atoms with van der Waals surface area (Å²) >= 11 is 0. The van der Waals surface area contributed by atoms with Crippen LogP contribution in [0.2, 0.25) is 0 Å². The van der Waals surface area contributed by atoms with Crippen molar-refractivity contribution in [3.63, 3.8) is 0 Å². The van der Waals surface area contributed by atoms with Crippen molar-refractivity contribution >= 4 is 5.91 Å². The summed E-state index contributed by atoms with van der Waals surface area (Å²) in [5.74, 6) is 0.493. The van der Waals surface area contributed by atoms with Crippen LogP contribution in [0.25, 0.3) is 0 Å². The van der Waals surface area contributed by atoms with Crippen LogP contribution in [0.4, 0.5) is 0 Å². The molecule has 0 aliphatic carbocycles. The molecule has 92 valence electrons. The van der Waals surface area contributed by atoms with Crippen molar-refractivity contribution < 1.29 is 9.53 Å². The third kappa shape index (κ3) is 2.57. The fourth-order valence-electron chi connectivity index (χ4n) is 2.89. The lowest BCUT2D eigenvalue weighted by Gasteiger charge is -2.38. The molecule has 0 aromatic carbocycles. The number of nitrogens with zero attached hydrogens (tertiary/aromatic N) is 1. The molecule has 2 heterocycles. The fraction of sp³-hybridized carbons (Fsp3) is 0.923. The zero-order chi connectivity index (χ0) is 11.4. The highest BCUT2D eigenvalue weighted by Gasteiger charge is 2.31. The Morgan fingerprint density at radius 1 is 1.31 bits per heavy atom. The first kappa shape index (κ1) is 11.9. The van der Waals surface area contributed by atoms with Crippen molar-refractivity contribution in [2.75, 3.05) is 19.8 Å². The summed E-state index contributed by atoms with van der Waals surface area (Å²) in [5, 5.41) is 0. The molecule has 0 saturated carbocycles. The minimum Gasteiger partial charge on any atom is -0.381 e. The maximum absolute atomic E-state index is 12.4. The summed E-state index contributed by atoms with van der Waals surface area (Å²) in [6.07, 6.45) is 6.81. The maximum atomic E-state index is 12.4. The van der Waals surface area contributed by atoms with E-state index in [-0.39, 0.29) is 5.92 Å². The summed E-state index contributed by atoms with van der Waals surface area (Å²) < 4.78 is 5.42. The second-order valence-corrected chi connectivity index (χ2v) is 5.00. The lowest BCUT2D eigenvalue weighted by Crippen LogP contribution is -2.47. The minimum absolute atomic E-state index is 0.140. The molecule has 2 atom stereocenters. The van der Waals surface area contributed by atoms with Crippen LogP contribution in [0.5, 0.6) is 0 Å². The zero-order valence-electron chi connectivity index (χ0n) is 10.3. The number of carbonyl (C=O) groups is 1. The fourth-order valence-corrected chi connectivity index (χ4v) is 2.89. The Balaban J connectivity index is 1.95. The first-order valence-corrected chi connectivity index (χ1v) is 6.71. The molecule has 3 heteroatoms. The average molecular weight is 225 g/mol. The molecule has 2 rings (SSSR count). The van der Waals surface area contributed by atoms with Gasteiger partial charge >= 0.3 is 0 Å². The van der Waals surface area contributed by atoms with Crippen molar-refractivity contribution in [2.24, 2.45) is 5.92 Å². The number of rotatable bonds is 2. The molecule has 1 amide bonds. The number of amides is 1. The molecule has 2 unspecified atom stereocenters. The molecule has 0 spiro atoms. The van der Waals surface area contributed by atoms with Gasteiger partial charge in [0, 0.05) is 19.2 Å². The Hall–Kier alpha value is -0.570. The summed E-state index contributed by atoms with van der Waals surface area (Å²) in [5.41, 5.74) is 0. The molecule has 2 fully saturated rings. The molecule has 2 aliphatic rings. The molecule has 0 aromatic heterocycles. The lowest BCUT2D eigenvalue weighted by atomic mass is 9.95. The van der Waals surface area contributed by atoms with Gasteiger partial charge in [-0.05, 0) is 38.5 Å². The van der Waals surface area contributed by atoms with E-state index in [0.717, 1.165) is 32.4 Å². The molecule has 3 nitrogen and oxygen atoms in total. The van der Waals surface area contributed by atoms with Gasteiger partial charge in [0.05, 0.1) is 12.5 Å². The number of likely N-dealkylation sites (tertiary alicyclic amines) is 1. The largest absolute Gasteiger partial charge is 0.381 e. The predicted molar refractivity (Wildman–Crippen MR) is 63.2 cm³/mol. The summed E-state index contributed by atoms with van der Waals surface area (Å²) in [6, 6.07) is 0.489. The SMILES string of the molecule is CCC1CCCCN1C(=O)C1CCCOC1. The van der Waals surface area contributed by atoms with Crippen molar-refractivity contribution in [1.82, 2.24) is 4.90 Å². The third-order valence-corrected chi connectivity index (χ3v) is 3.89. The molecule has 16 heavy (non-hydrogen) atoms. The van der Waals surface area contributed by atoms with Gasteiger partial charge in [-0.25, -0.2) is 0 Å². The van der Waals surface area contributed by atoms with Gasteiger partial charge < -0.3 is 9.64 Å². The smallest absolute Gasteiger partial charge is 0.228 e. The Morgan fingerprint density at radius 3 is 2.88 bits per heavy atom. The highest BCUT2D eigenvalue weighted by Crippen LogP contribution is 2.24. The van der Waals surface area contributed by atoms with E-state index in [1.807, 2.05) is 0 Å². The minimum atomic E-state index is 0.140. The van der Waals surface area contributed by atoms with Crippen LogP contribution >= 0.6 is 0 Å². The van der Waals surface area contributed by atoms with Gasteiger partial charge in [-0.3, -0.25) is 4.79 Å². The molecule has 0 N–H and O–H groups in total. The molecule has 2 aliphatic heterocycles. The summed E-state index contributed by atoms with van der Waals surface area (Å²) in [6.45, 7) is 4.63. The van der Waals surface area contributed by atoms with Crippen LogP contribution in [0, 0.1) is 5.92 Å². The second kappa shape index (κ2) is 5.67. The molecule has 0 radical (unpaired) electrons. The van der Waals surface area contributed by atoms with E-state index in [2.05, 4.69) is 11.8 Å². The van der Waals surface area contributed by atoms with E-state index >= 15 is 0 Å². The zero-order valence-corrected chi connectivity index (χ0v) is 10.3. The van der Waals surface area contributed by atoms with Crippen LogP contribution < -0.4 is 0 Å². The summed E-state index contributed by atoms with van der Waals surface area (Å²) in [4.78, 5) is 14.5. The van der Waals surface area contributed by atoms with Crippen LogP contribution in [0.3, 0.4) is 0 Å². The molecular formula is C13H23NO2. The van der Waals surface area contributed by atoms with Gasteiger partial charge in [0.25, 0.3) is 0 Å². The topological polar surface area (TPSA) is 29.5 Å². The Kier molecular flexibility index (Phi) is 4.22. The highest BCUT2D eigenvalue weighted by molar-refractivity contribution is 5.79. The standard InChI is InChI=1S/C13H23NO2/c1-2-12-7-3-4-8-14(12)13(15)11-6-5-9-16-10-11/h11-12H,2-10H2,1H3. The van der Waals surface area contributed by atoms with Gasteiger partial charge in [-0.2, -0.15) is 0 Å². The Bertz CT molecular complexity index is 236. The van der Waals surface area contributed by atoms with E-state index < -0.39 is 0 Å². The number of hydrogen-bond donors (Lipinski definition) is 0. The molecular weight excluding hydrogens is 202 g/mol. The van der Waals surface area contributed by atoms with E-state index in [0.29, 0.717) is 18.6 Å². The van der Waals surface area contributed by atoms with Crippen molar-refractivity contribution in [1.29, 1.82) is 0 Å². The monoisotopic (exact) mass is 225 g/mol. The van der Waals surface area contributed by atoms with Gasteiger partial charge in [0.2, 0.25) is 5.91 Å². The van der Waals surface area contributed by atoms with E-state index in [1.54, 1.807) is 0 Å². The highest BCUT2D eigenvalue weighted by atomic mass is 16.5. The van der Waals surface area contributed by atoms with Gasteiger partial charge in [0.1, 0.15) is 0 Å². The Labute approximate surface area is 98.1 Å². The van der Waals surface area contributed by atoms with Crippen LogP contribution in [0.1, 0.15) is 45.4 Å². The lowest BCUT2D eigenvalue weighted by molar-refractivity contribution is -0.143. The van der Waals surface area contributed by atoms with E-state index in [1.165, 1.54) is 19.3 Å². The summed E-state index contributed by atoms with van der Waals surface area (Å²) in [7, 11) is 0. The number of piperidine rings is 1. The number of carbonyl (C=O) groups excluding carboxylic acids is 1. The van der Waals surface area contributed by atoms with E-state index in [4.69, 9.17) is 4.74 Å².